The van der Waals surface area contributed by atoms with E-state index in [1.807, 2.05) is 12.1 Å². The molecule has 1 saturated heterocycles. The number of benzene rings is 1. The van der Waals surface area contributed by atoms with Crippen LogP contribution in [0.2, 0.25) is 0 Å². The number of ether oxygens (including phenoxy) is 1. The summed E-state index contributed by atoms with van der Waals surface area (Å²) in [6.07, 6.45) is 0. The third-order valence-corrected chi connectivity index (χ3v) is 4.65. The van der Waals surface area contributed by atoms with E-state index in [1.165, 1.54) is 5.56 Å². The molecule has 7 nitrogen and oxygen atoms in total. The van der Waals surface area contributed by atoms with Crippen LogP contribution in [-0.2, 0) is 4.79 Å². The van der Waals surface area contributed by atoms with Gasteiger partial charge in [-0.25, -0.2) is 4.79 Å². The second kappa shape index (κ2) is 8.12. The van der Waals surface area contributed by atoms with Crippen molar-refractivity contribution in [2.75, 3.05) is 33.3 Å². The van der Waals surface area contributed by atoms with Gasteiger partial charge in [0.1, 0.15) is 5.75 Å². The molecule has 24 heavy (non-hydrogen) atoms. The van der Waals surface area contributed by atoms with Crippen molar-refractivity contribution in [2.24, 2.45) is 5.73 Å². The van der Waals surface area contributed by atoms with Gasteiger partial charge in [0.25, 0.3) is 0 Å². The molecular formula is C17H26N4O3. The van der Waals surface area contributed by atoms with Crippen molar-refractivity contribution >= 4 is 11.9 Å². The van der Waals surface area contributed by atoms with Gasteiger partial charge in [0, 0.05) is 32.2 Å². The third-order valence-electron chi connectivity index (χ3n) is 4.65. The van der Waals surface area contributed by atoms with Crippen LogP contribution in [0.15, 0.2) is 24.3 Å². The number of piperazine rings is 1. The Morgan fingerprint density at radius 3 is 2.38 bits per heavy atom. The van der Waals surface area contributed by atoms with E-state index in [9.17, 15) is 9.59 Å². The van der Waals surface area contributed by atoms with Gasteiger partial charge in [0.15, 0.2) is 0 Å². The molecule has 7 heteroatoms. The fourth-order valence-corrected chi connectivity index (χ4v) is 3.02. The first kappa shape index (κ1) is 18.2. The van der Waals surface area contributed by atoms with E-state index in [1.54, 1.807) is 14.0 Å². The first-order chi connectivity index (χ1) is 11.4. The summed E-state index contributed by atoms with van der Waals surface area (Å²) in [6, 6.07) is 7.19. The van der Waals surface area contributed by atoms with E-state index in [0.717, 1.165) is 31.9 Å². The monoisotopic (exact) mass is 334 g/mol. The van der Waals surface area contributed by atoms with Crippen LogP contribution in [0.3, 0.4) is 0 Å². The molecule has 1 aliphatic rings. The zero-order chi connectivity index (χ0) is 17.7. The number of hydrogen-bond acceptors (Lipinski definition) is 5. The van der Waals surface area contributed by atoms with E-state index in [-0.39, 0.29) is 18.0 Å². The first-order valence-electron chi connectivity index (χ1n) is 8.14. The molecule has 1 aliphatic heterocycles. The Morgan fingerprint density at radius 1 is 1.17 bits per heavy atom. The smallest absolute Gasteiger partial charge is 0.318 e. The molecular weight excluding hydrogens is 308 g/mol. The van der Waals surface area contributed by atoms with Crippen LogP contribution >= 0.6 is 0 Å². The van der Waals surface area contributed by atoms with Gasteiger partial charge in [0.2, 0.25) is 5.91 Å². The molecule has 2 atom stereocenters. The van der Waals surface area contributed by atoms with Crippen LogP contribution in [0.5, 0.6) is 5.75 Å². The molecule has 3 N–H and O–H groups in total. The Morgan fingerprint density at radius 2 is 1.79 bits per heavy atom. The Bertz CT molecular complexity index is 585. The summed E-state index contributed by atoms with van der Waals surface area (Å²) in [6.45, 7) is 7.20. The summed E-state index contributed by atoms with van der Waals surface area (Å²) >= 11 is 0. The lowest BCUT2D eigenvalue weighted by atomic mass is 10.1. The molecule has 0 spiro atoms. The summed E-state index contributed by atoms with van der Waals surface area (Å²) in [5.74, 6) is 0.506. The van der Waals surface area contributed by atoms with Crippen LogP contribution in [0.4, 0.5) is 4.79 Å². The van der Waals surface area contributed by atoms with Crippen LogP contribution in [0.25, 0.3) is 0 Å². The molecule has 0 aliphatic carbocycles. The van der Waals surface area contributed by atoms with E-state index >= 15 is 0 Å². The lowest BCUT2D eigenvalue weighted by Crippen LogP contribution is -2.55. The molecule has 0 radical (unpaired) electrons. The van der Waals surface area contributed by atoms with Crippen LogP contribution in [-0.4, -0.2) is 61.1 Å². The van der Waals surface area contributed by atoms with Crippen molar-refractivity contribution in [3.8, 4) is 5.75 Å². The minimum Gasteiger partial charge on any atom is -0.497 e. The van der Waals surface area contributed by atoms with Crippen molar-refractivity contribution in [2.45, 2.75) is 25.9 Å². The zero-order valence-corrected chi connectivity index (χ0v) is 14.5. The van der Waals surface area contributed by atoms with Crippen molar-refractivity contribution in [3.05, 3.63) is 29.8 Å². The van der Waals surface area contributed by atoms with Gasteiger partial charge in [-0.1, -0.05) is 12.1 Å². The summed E-state index contributed by atoms with van der Waals surface area (Å²) < 4.78 is 5.29. The molecule has 0 aromatic heterocycles. The van der Waals surface area contributed by atoms with E-state index in [4.69, 9.17) is 10.5 Å². The number of hydrogen-bond donors (Lipinski definition) is 2. The Balaban J connectivity index is 1.92. The number of nitrogens with zero attached hydrogens (tertiary/aromatic N) is 2. The van der Waals surface area contributed by atoms with Gasteiger partial charge < -0.3 is 10.5 Å². The van der Waals surface area contributed by atoms with Gasteiger partial charge in [0.05, 0.1) is 13.2 Å². The van der Waals surface area contributed by atoms with Crippen molar-refractivity contribution in [1.29, 1.82) is 0 Å². The maximum atomic E-state index is 11.9. The van der Waals surface area contributed by atoms with Crippen LogP contribution < -0.4 is 15.8 Å². The average Bonchev–Trinajstić information content (AvgIpc) is 2.60. The molecule has 1 heterocycles. The lowest BCUT2D eigenvalue weighted by Gasteiger charge is -2.40. The predicted molar refractivity (Wildman–Crippen MR) is 91.7 cm³/mol. The van der Waals surface area contributed by atoms with E-state index < -0.39 is 6.03 Å². The van der Waals surface area contributed by atoms with Crippen molar-refractivity contribution in [1.82, 2.24) is 15.1 Å². The Labute approximate surface area is 142 Å². The second-order valence-electron chi connectivity index (χ2n) is 6.05. The summed E-state index contributed by atoms with van der Waals surface area (Å²) in [5.41, 5.74) is 6.21. The number of amides is 3. The van der Waals surface area contributed by atoms with Crippen LogP contribution in [0.1, 0.15) is 25.5 Å². The molecule has 132 valence electrons. The normalized spacial score (nSPS) is 18.6. The van der Waals surface area contributed by atoms with Crippen molar-refractivity contribution in [3.63, 3.8) is 0 Å². The molecule has 3 amide bonds. The predicted octanol–water partition coefficient (Wildman–Crippen LogP) is 0.957. The number of urea groups is 1. The maximum Gasteiger partial charge on any atom is 0.318 e. The van der Waals surface area contributed by atoms with E-state index in [0.29, 0.717) is 0 Å². The largest absolute Gasteiger partial charge is 0.497 e. The molecule has 1 fully saturated rings. The van der Waals surface area contributed by atoms with Gasteiger partial charge in [-0.2, -0.15) is 0 Å². The molecule has 0 bridgehead atoms. The number of rotatable bonds is 5. The topological polar surface area (TPSA) is 87.9 Å². The van der Waals surface area contributed by atoms with Gasteiger partial charge in [-0.15, -0.1) is 0 Å². The van der Waals surface area contributed by atoms with Crippen LogP contribution in [0, 0.1) is 0 Å². The standard InChI is InChI=1S/C17H26N4O3/c1-12(14-5-4-6-15(11-14)24-3)20-7-9-21(10-8-20)13(2)16(22)19-17(18)23/h4-6,11-13H,7-10H2,1-3H3,(H3,18,19,22,23)/t12-,13+/m0/s1. The maximum absolute atomic E-state index is 11.9. The number of nitrogens with one attached hydrogen (secondary N) is 1. The lowest BCUT2D eigenvalue weighted by molar-refractivity contribution is -0.125. The zero-order valence-electron chi connectivity index (χ0n) is 14.5. The fourth-order valence-electron chi connectivity index (χ4n) is 3.02. The highest BCUT2D eigenvalue weighted by Gasteiger charge is 2.28. The average molecular weight is 334 g/mol. The van der Waals surface area contributed by atoms with Gasteiger partial charge in [-0.3, -0.25) is 19.9 Å². The quantitative estimate of drug-likeness (QED) is 0.837. The number of methoxy groups -OCH3 is 1. The molecule has 0 unspecified atom stereocenters. The van der Waals surface area contributed by atoms with Gasteiger partial charge >= 0.3 is 6.03 Å². The molecule has 2 rings (SSSR count). The minimum absolute atomic E-state index is 0.275. The minimum atomic E-state index is -0.808. The van der Waals surface area contributed by atoms with Crippen molar-refractivity contribution < 1.29 is 14.3 Å². The Kier molecular flexibility index (Phi) is 6.16. The molecule has 0 saturated carbocycles. The summed E-state index contributed by atoms with van der Waals surface area (Å²) in [5, 5.41) is 2.14. The highest BCUT2D eigenvalue weighted by Crippen LogP contribution is 2.25. The second-order valence-corrected chi connectivity index (χ2v) is 6.05. The SMILES string of the molecule is COc1cccc([C@H](C)N2CCN([C@H](C)C(=O)NC(N)=O)CC2)c1. The molecule has 1 aromatic carbocycles. The highest BCUT2D eigenvalue weighted by atomic mass is 16.5. The molecule has 1 aromatic rings. The number of carbonyl (C=O) groups is 2. The fraction of sp³-hybridized carbons (Fsp3) is 0.529. The summed E-state index contributed by atoms with van der Waals surface area (Å²) in [4.78, 5) is 27.1. The Hall–Kier alpha value is -2.12. The third kappa shape index (κ3) is 4.46. The number of primary amides is 1. The number of nitrogens with two attached hydrogens (primary N) is 1. The summed E-state index contributed by atoms with van der Waals surface area (Å²) in [7, 11) is 1.67. The van der Waals surface area contributed by atoms with Gasteiger partial charge in [-0.05, 0) is 31.5 Å². The number of imide groups is 1. The first-order valence-corrected chi connectivity index (χ1v) is 8.14. The van der Waals surface area contributed by atoms with E-state index in [2.05, 4.69) is 34.2 Å². The highest BCUT2D eigenvalue weighted by molar-refractivity contribution is 5.96. The number of carbonyl (C=O) groups excluding carboxylic acids is 2.